The van der Waals surface area contributed by atoms with Gasteiger partial charge in [0.2, 0.25) is 10.0 Å². The molecule has 0 bridgehead atoms. The monoisotopic (exact) mass is 590 g/mol. The summed E-state index contributed by atoms with van der Waals surface area (Å²) in [4.78, 5) is 4.18. The lowest BCUT2D eigenvalue weighted by Crippen LogP contribution is -2.17. The molecule has 0 fully saturated rings. The number of aromatic nitrogens is 1. The van der Waals surface area contributed by atoms with Gasteiger partial charge in [0.05, 0.1) is 12.9 Å². The second kappa shape index (κ2) is 12.7. The third-order valence-electron chi connectivity index (χ3n) is 7.87. The molecule has 218 valence electrons. The highest BCUT2D eigenvalue weighted by molar-refractivity contribution is 7.91. The first-order valence-corrected chi connectivity index (χ1v) is 16.1. The van der Waals surface area contributed by atoms with Crippen LogP contribution in [0.5, 0.6) is 11.5 Å². The van der Waals surface area contributed by atoms with E-state index in [9.17, 15) is 8.42 Å². The Morgan fingerprint density at radius 3 is 2.09 bits per heavy atom. The lowest BCUT2D eigenvalue weighted by Gasteiger charge is -2.22. The topological polar surface area (TPSA) is 77.5 Å². The summed E-state index contributed by atoms with van der Waals surface area (Å²) < 4.78 is 40.6. The lowest BCUT2D eigenvalue weighted by atomic mass is 9.86. The minimum atomic E-state index is -3.55. The maximum Gasteiger partial charge on any atom is 0.236 e. The van der Waals surface area contributed by atoms with Crippen LogP contribution in [0.2, 0.25) is 0 Å². The second-order valence-electron chi connectivity index (χ2n) is 10.9. The van der Waals surface area contributed by atoms with E-state index in [4.69, 9.17) is 9.47 Å². The van der Waals surface area contributed by atoms with E-state index in [1.54, 1.807) is 19.5 Å². The predicted octanol–water partition coefficient (Wildman–Crippen LogP) is 6.95. The number of anilines is 1. The van der Waals surface area contributed by atoms with Crippen LogP contribution in [-0.2, 0) is 35.0 Å². The predicted molar refractivity (Wildman–Crippen MR) is 170 cm³/mol. The van der Waals surface area contributed by atoms with Gasteiger partial charge in [-0.3, -0.25) is 9.71 Å². The Bertz CT molecular complexity index is 1750. The summed E-state index contributed by atoms with van der Waals surface area (Å²) in [5.74, 6) is 1.33. The fourth-order valence-corrected chi connectivity index (χ4v) is 6.96. The van der Waals surface area contributed by atoms with Crippen molar-refractivity contribution in [2.24, 2.45) is 0 Å². The SMILES string of the molecule is COc1ccc(C(Cc2ccncc2)c2ccc(NS(=O)(=O)Cc3ccccc3)cc2)cc1OC1Cc2ccccc2C1. The molecule has 4 aromatic carbocycles. The number of hydrogen-bond donors (Lipinski definition) is 1. The Balaban J connectivity index is 1.26. The summed E-state index contributed by atoms with van der Waals surface area (Å²) in [5, 5.41) is 0. The van der Waals surface area contributed by atoms with E-state index in [2.05, 4.69) is 46.1 Å². The third kappa shape index (κ3) is 7.07. The molecular weight excluding hydrogens is 556 g/mol. The molecule has 5 aromatic rings. The minimum Gasteiger partial charge on any atom is -0.493 e. The van der Waals surface area contributed by atoms with Crippen molar-refractivity contribution in [1.82, 2.24) is 4.98 Å². The van der Waals surface area contributed by atoms with Crippen LogP contribution >= 0.6 is 0 Å². The van der Waals surface area contributed by atoms with Crippen molar-refractivity contribution in [3.63, 3.8) is 0 Å². The number of methoxy groups -OCH3 is 1. The summed E-state index contributed by atoms with van der Waals surface area (Å²) in [6.07, 6.45) is 6.12. The van der Waals surface area contributed by atoms with E-state index in [0.717, 1.165) is 47.3 Å². The van der Waals surface area contributed by atoms with Gasteiger partial charge in [0, 0.05) is 36.8 Å². The lowest BCUT2D eigenvalue weighted by molar-refractivity contribution is 0.204. The van der Waals surface area contributed by atoms with Crippen molar-refractivity contribution < 1.29 is 17.9 Å². The van der Waals surface area contributed by atoms with Gasteiger partial charge in [0.25, 0.3) is 0 Å². The number of nitrogens with one attached hydrogen (secondary N) is 1. The highest BCUT2D eigenvalue weighted by atomic mass is 32.2. The minimum absolute atomic E-state index is 0.00796. The van der Waals surface area contributed by atoms with Gasteiger partial charge >= 0.3 is 0 Å². The zero-order valence-electron chi connectivity index (χ0n) is 24.0. The van der Waals surface area contributed by atoms with Crippen molar-refractivity contribution in [3.05, 3.63) is 155 Å². The van der Waals surface area contributed by atoms with Gasteiger partial charge in [0.15, 0.2) is 11.5 Å². The molecule has 7 heteroatoms. The van der Waals surface area contributed by atoms with Crippen LogP contribution in [0.15, 0.2) is 122 Å². The van der Waals surface area contributed by atoms with Crippen molar-refractivity contribution in [1.29, 1.82) is 0 Å². The van der Waals surface area contributed by atoms with Gasteiger partial charge in [-0.25, -0.2) is 8.42 Å². The van der Waals surface area contributed by atoms with Gasteiger partial charge in [-0.05, 0) is 76.2 Å². The standard InChI is InChI=1S/C36H34N2O4S/c1-41-35-16-13-31(24-36(35)42-33-22-29-9-5-6-10-30(29)23-33)34(21-26-17-19-37-20-18-26)28-11-14-32(15-12-28)38-43(39,40)25-27-7-3-2-4-8-27/h2-20,24,33-34,38H,21-23,25H2,1H3. The van der Waals surface area contributed by atoms with E-state index in [1.165, 1.54) is 11.1 Å². The number of nitrogens with zero attached hydrogens (tertiary/aromatic N) is 1. The summed E-state index contributed by atoms with van der Waals surface area (Å²) in [6.45, 7) is 0. The molecule has 1 aliphatic rings. The summed E-state index contributed by atoms with van der Waals surface area (Å²) in [6, 6.07) is 35.5. The Morgan fingerprint density at radius 2 is 1.42 bits per heavy atom. The maximum absolute atomic E-state index is 12.8. The van der Waals surface area contributed by atoms with Crippen molar-refractivity contribution >= 4 is 15.7 Å². The molecule has 1 heterocycles. The smallest absolute Gasteiger partial charge is 0.236 e. The molecule has 1 aliphatic carbocycles. The van der Waals surface area contributed by atoms with Gasteiger partial charge in [-0.15, -0.1) is 0 Å². The van der Waals surface area contributed by atoms with Crippen LogP contribution < -0.4 is 14.2 Å². The molecule has 0 aliphatic heterocycles. The molecule has 0 saturated carbocycles. The first-order valence-electron chi connectivity index (χ1n) is 14.4. The summed E-state index contributed by atoms with van der Waals surface area (Å²) in [5.41, 5.74) is 7.23. The van der Waals surface area contributed by atoms with E-state index in [0.29, 0.717) is 11.4 Å². The molecule has 43 heavy (non-hydrogen) atoms. The Morgan fingerprint density at radius 1 is 0.767 bits per heavy atom. The average Bonchev–Trinajstić information content (AvgIpc) is 3.43. The molecule has 0 spiro atoms. The van der Waals surface area contributed by atoms with Crippen LogP contribution in [0.1, 0.15) is 39.3 Å². The summed E-state index contributed by atoms with van der Waals surface area (Å²) in [7, 11) is -1.89. The second-order valence-corrected chi connectivity index (χ2v) is 12.6. The van der Waals surface area contributed by atoms with Gasteiger partial charge < -0.3 is 9.47 Å². The molecular formula is C36H34N2O4S. The van der Waals surface area contributed by atoms with Crippen molar-refractivity contribution in [2.45, 2.75) is 37.0 Å². The first-order chi connectivity index (χ1) is 21.0. The van der Waals surface area contributed by atoms with Gasteiger partial charge in [0.1, 0.15) is 6.10 Å². The van der Waals surface area contributed by atoms with Crippen molar-refractivity contribution in [3.8, 4) is 11.5 Å². The van der Waals surface area contributed by atoms with Crippen LogP contribution in [0, 0.1) is 0 Å². The van der Waals surface area contributed by atoms with Gasteiger partial charge in [-0.2, -0.15) is 0 Å². The Kier molecular flexibility index (Phi) is 8.43. The molecule has 0 radical (unpaired) electrons. The molecule has 1 unspecified atom stereocenters. The number of rotatable bonds is 11. The number of ether oxygens (including phenoxy) is 2. The molecule has 1 aromatic heterocycles. The maximum atomic E-state index is 12.8. The fraction of sp³-hybridized carbons (Fsp3) is 0.194. The van der Waals surface area contributed by atoms with E-state index >= 15 is 0 Å². The van der Waals surface area contributed by atoms with Crippen molar-refractivity contribution in [2.75, 3.05) is 11.8 Å². The molecule has 1 atom stereocenters. The first kappa shape index (κ1) is 28.5. The molecule has 6 rings (SSSR count). The van der Waals surface area contributed by atoms with Crippen LogP contribution in [0.4, 0.5) is 5.69 Å². The molecule has 1 N–H and O–H groups in total. The highest BCUT2D eigenvalue weighted by Crippen LogP contribution is 2.37. The van der Waals surface area contributed by atoms with Crippen LogP contribution in [-0.4, -0.2) is 26.6 Å². The number of benzene rings is 4. The van der Waals surface area contributed by atoms with E-state index in [1.807, 2.05) is 72.8 Å². The largest absolute Gasteiger partial charge is 0.493 e. The highest BCUT2D eigenvalue weighted by Gasteiger charge is 2.25. The number of hydrogen-bond acceptors (Lipinski definition) is 5. The Labute approximate surface area is 253 Å². The van der Waals surface area contributed by atoms with Crippen LogP contribution in [0.3, 0.4) is 0 Å². The third-order valence-corrected chi connectivity index (χ3v) is 9.13. The molecule has 0 saturated heterocycles. The number of pyridine rings is 1. The van der Waals surface area contributed by atoms with E-state index < -0.39 is 10.0 Å². The number of fused-ring (bicyclic) bond motifs is 1. The zero-order chi connectivity index (χ0) is 29.6. The molecule has 0 amide bonds. The Hall–Kier alpha value is -4.62. The number of sulfonamides is 1. The summed E-state index contributed by atoms with van der Waals surface area (Å²) >= 11 is 0. The van der Waals surface area contributed by atoms with Crippen LogP contribution in [0.25, 0.3) is 0 Å². The molecule has 6 nitrogen and oxygen atoms in total. The zero-order valence-corrected chi connectivity index (χ0v) is 24.8. The quantitative estimate of drug-likeness (QED) is 0.180. The van der Waals surface area contributed by atoms with Gasteiger partial charge in [-0.1, -0.05) is 72.8 Å². The normalized spacial score (nSPS) is 13.7. The fourth-order valence-electron chi connectivity index (χ4n) is 5.76. The van der Waals surface area contributed by atoms with E-state index in [-0.39, 0.29) is 17.8 Å². The average molecular weight is 591 g/mol.